The predicted molar refractivity (Wildman–Crippen MR) is 117 cm³/mol. The smallest absolute Gasteiger partial charge is 0.396 e. The summed E-state index contributed by atoms with van der Waals surface area (Å²) in [4.78, 5) is 33.4. The third-order valence-corrected chi connectivity index (χ3v) is 5.49. The van der Waals surface area contributed by atoms with Gasteiger partial charge in [0.15, 0.2) is 0 Å². The Bertz CT molecular complexity index is 1400. The molecule has 0 spiro atoms. The van der Waals surface area contributed by atoms with E-state index < -0.39 is 17.6 Å². The standard InChI is InChI=1S/C23H20F3N5O4/c24-23(25,26)16-4-1-3-14(9-16)21(34)29-22-28-17-11-18(30-6-8-35-13-20(30)33)15(12-27)10-19(17)31(22)5-2-7-32/h1,3-4,9-11,32H,2,5-8,13H2,(H,28,29,34). The van der Waals surface area contributed by atoms with Crippen molar-refractivity contribution in [3.8, 4) is 6.07 Å². The average molecular weight is 487 g/mol. The number of imidazole rings is 1. The lowest BCUT2D eigenvalue weighted by Gasteiger charge is -2.27. The third-order valence-electron chi connectivity index (χ3n) is 5.49. The van der Waals surface area contributed by atoms with Gasteiger partial charge in [-0.1, -0.05) is 6.07 Å². The lowest BCUT2D eigenvalue weighted by atomic mass is 10.1. The number of nitriles is 1. The number of nitrogens with one attached hydrogen (secondary N) is 1. The second-order valence-corrected chi connectivity index (χ2v) is 7.77. The van der Waals surface area contributed by atoms with E-state index in [9.17, 15) is 33.1 Å². The minimum absolute atomic E-state index is 0.0326. The Hall–Kier alpha value is -3.95. The number of fused-ring (bicyclic) bond motifs is 1. The fourth-order valence-corrected chi connectivity index (χ4v) is 3.82. The largest absolute Gasteiger partial charge is 0.416 e. The molecule has 1 aromatic heterocycles. The topological polar surface area (TPSA) is 124 Å². The molecule has 9 nitrogen and oxygen atoms in total. The number of amides is 2. The quantitative estimate of drug-likeness (QED) is 0.572. The van der Waals surface area contributed by atoms with E-state index >= 15 is 0 Å². The van der Waals surface area contributed by atoms with Gasteiger partial charge in [-0.05, 0) is 36.8 Å². The molecule has 1 aliphatic heterocycles. The molecule has 3 aromatic rings. The van der Waals surface area contributed by atoms with Crippen LogP contribution >= 0.6 is 0 Å². The number of aromatic nitrogens is 2. The summed E-state index contributed by atoms with van der Waals surface area (Å²) in [6.07, 6.45) is -4.32. The maximum Gasteiger partial charge on any atom is 0.416 e. The van der Waals surface area contributed by atoms with Crippen LogP contribution in [0.1, 0.15) is 27.9 Å². The summed E-state index contributed by atoms with van der Waals surface area (Å²) in [5.74, 6) is -1.21. The van der Waals surface area contributed by atoms with Crippen LogP contribution in [0.15, 0.2) is 41.4 Å². The summed E-state index contributed by atoms with van der Waals surface area (Å²) in [5.41, 5.74) is 0.318. The van der Waals surface area contributed by atoms with Crippen LogP contribution in [-0.4, -0.2) is 52.8 Å². The van der Waals surface area contributed by atoms with E-state index in [0.717, 1.165) is 18.2 Å². The highest BCUT2D eigenvalue weighted by Crippen LogP contribution is 2.30. The highest BCUT2D eigenvalue weighted by molar-refractivity contribution is 5.98. The first-order chi connectivity index (χ1) is 16.7. The number of hydrogen-bond acceptors (Lipinski definition) is 5. The SMILES string of the molecule is N#Cc1cc2c(cc1N1CCOCC1=O)[nH]/c(=N\C(=O)c1cccc(C(F)(F)F)c1)n2CCCO. The van der Waals surface area contributed by atoms with E-state index in [-0.39, 0.29) is 49.0 Å². The van der Waals surface area contributed by atoms with Crippen LogP contribution in [0.2, 0.25) is 0 Å². The fraction of sp³-hybridized carbons (Fsp3) is 0.304. The first-order valence-corrected chi connectivity index (χ1v) is 10.6. The summed E-state index contributed by atoms with van der Waals surface area (Å²) < 4.78 is 45.9. The second-order valence-electron chi connectivity index (χ2n) is 7.77. The number of aliphatic hydroxyl groups excluding tert-OH is 1. The van der Waals surface area contributed by atoms with Crippen molar-refractivity contribution in [2.75, 3.05) is 31.3 Å². The first kappa shape index (κ1) is 24.2. The minimum Gasteiger partial charge on any atom is -0.396 e. The van der Waals surface area contributed by atoms with E-state index in [1.165, 1.54) is 17.0 Å². The Balaban J connectivity index is 1.84. The van der Waals surface area contributed by atoms with Crippen molar-refractivity contribution in [2.24, 2.45) is 4.99 Å². The van der Waals surface area contributed by atoms with Crippen molar-refractivity contribution in [2.45, 2.75) is 19.1 Å². The Morgan fingerprint density at radius 3 is 2.77 bits per heavy atom. The second kappa shape index (κ2) is 9.73. The molecule has 12 heteroatoms. The molecule has 2 amide bonds. The van der Waals surface area contributed by atoms with E-state index in [1.54, 1.807) is 10.6 Å². The van der Waals surface area contributed by atoms with Gasteiger partial charge in [0.1, 0.15) is 12.7 Å². The van der Waals surface area contributed by atoms with Crippen molar-refractivity contribution < 1.29 is 32.6 Å². The first-order valence-electron chi connectivity index (χ1n) is 10.6. The number of aliphatic hydroxyl groups is 1. The molecule has 182 valence electrons. The fourth-order valence-electron chi connectivity index (χ4n) is 3.82. The van der Waals surface area contributed by atoms with Crippen molar-refractivity contribution in [3.63, 3.8) is 0 Å². The number of carbonyl (C=O) groups is 2. The summed E-state index contributed by atoms with van der Waals surface area (Å²) in [6, 6.07) is 9.14. The number of morpholine rings is 1. The number of benzene rings is 2. The zero-order valence-corrected chi connectivity index (χ0v) is 18.3. The van der Waals surface area contributed by atoms with Gasteiger partial charge in [-0.2, -0.15) is 23.4 Å². The molecule has 1 saturated heterocycles. The summed E-state index contributed by atoms with van der Waals surface area (Å²) in [7, 11) is 0. The van der Waals surface area contributed by atoms with Gasteiger partial charge < -0.3 is 24.3 Å². The zero-order chi connectivity index (χ0) is 25.2. The number of anilines is 1. The van der Waals surface area contributed by atoms with Crippen molar-refractivity contribution >= 4 is 28.5 Å². The summed E-state index contributed by atoms with van der Waals surface area (Å²) in [6.45, 7) is 0.506. The summed E-state index contributed by atoms with van der Waals surface area (Å²) in [5, 5.41) is 19.0. The molecule has 0 unspecified atom stereocenters. The average Bonchev–Trinajstić information content (AvgIpc) is 3.17. The van der Waals surface area contributed by atoms with E-state index in [4.69, 9.17) is 4.74 Å². The van der Waals surface area contributed by atoms with Gasteiger partial charge in [0.05, 0.1) is 34.5 Å². The lowest BCUT2D eigenvalue weighted by Crippen LogP contribution is -2.42. The van der Waals surface area contributed by atoms with E-state index in [1.807, 2.05) is 0 Å². The highest BCUT2D eigenvalue weighted by atomic mass is 19.4. The number of carbonyl (C=O) groups excluding carboxylic acids is 2. The monoisotopic (exact) mass is 487 g/mol. The van der Waals surface area contributed by atoms with Crippen molar-refractivity contribution in [1.82, 2.24) is 9.55 Å². The minimum atomic E-state index is -4.61. The highest BCUT2D eigenvalue weighted by Gasteiger charge is 2.31. The molecule has 2 heterocycles. The molecule has 0 aliphatic carbocycles. The maximum atomic E-state index is 13.1. The molecule has 2 aromatic carbocycles. The number of aromatic amines is 1. The molecule has 35 heavy (non-hydrogen) atoms. The normalized spacial score (nSPS) is 15.0. The van der Waals surface area contributed by atoms with Gasteiger partial charge in [0, 0.05) is 25.3 Å². The van der Waals surface area contributed by atoms with Crippen LogP contribution in [0.5, 0.6) is 0 Å². The molecule has 0 radical (unpaired) electrons. The van der Waals surface area contributed by atoms with Crippen molar-refractivity contribution in [1.29, 1.82) is 5.26 Å². The number of ether oxygens (including phenoxy) is 1. The molecular formula is C23H20F3N5O4. The van der Waals surface area contributed by atoms with Crippen LogP contribution in [0.25, 0.3) is 11.0 Å². The number of halogens is 3. The summed E-state index contributed by atoms with van der Waals surface area (Å²) >= 11 is 0. The van der Waals surface area contributed by atoms with Gasteiger partial charge in [0.2, 0.25) is 5.62 Å². The molecular weight excluding hydrogens is 467 g/mol. The van der Waals surface area contributed by atoms with Gasteiger partial charge in [-0.15, -0.1) is 0 Å². The number of nitrogens with zero attached hydrogens (tertiary/aromatic N) is 4. The van der Waals surface area contributed by atoms with E-state index in [0.29, 0.717) is 29.7 Å². The van der Waals surface area contributed by atoms with Gasteiger partial charge >= 0.3 is 6.18 Å². The number of alkyl halides is 3. The molecule has 0 bridgehead atoms. The van der Waals surface area contributed by atoms with Crippen LogP contribution in [0.4, 0.5) is 18.9 Å². The maximum absolute atomic E-state index is 13.1. The van der Waals surface area contributed by atoms with Crippen molar-refractivity contribution in [3.05, 3.63) is 58.7 Å². The molecule has 0 atom stereocenters. The van der Waals surface area contributed by atoms with E-state index in [2.05, 4.69) is 16.0 Å². The molecule has 1 fully saturated rings. The van der Waals surface area contributed by atoms with Gasteiger partial charge in [-0.3, -0.25) is 9.59 Å². The number of hydrogen-bond donors (Lipinski definition) is 2. The molecule has 1 aliphatic rings. The molecule has 2 N–H and O–H groups in total. The Morgan fingerprint density at radius 2 is 2.09 bits per heavy atom. The Morgan fingerprint density at radius 1 is 1.29 bits per heavy atom. The number of aryl methyl sites for hydroxylation is 1. The molecule has 4 rings (SSSR count). The number of rotatable bonds is 5. The Kier molecular flexibility index (Phi) is 6.72. The Labute approximate surface area is 196 Å². The predicted octanol–water partition coefficient (Wildman–Crippen LogP) is 2.35. The van der Waals surface area contributed by atoms with Gasteiger partial charge in [0.25, 0.3) is 11.8 Å². The van der Waals surface area contributed by atoms with Crippen LogP contribution in [0.3, 0.4) is 0 Å². The third kappa shape index (κ3) is 4.96. The van der Waals surface area contributed by atoms with Crippen LogP contribution in [0, 0.1) is 11.3 Å². The zero-order valence-electron chi connectivity index (χ0n) is 18.3. The number of H-pyrrole nitrogens is 1. The van der Waals surface area contributed by atoms with Crippen LogP contribution in [-0.2, 0) is 22.3 Å². The van der Waals surface area contributed by atoms with Crippen LogP contribution < -0.4 is 10.5 Å². The van der Waals surface area contributed by atoms with Gasteiger partial charge in [-0.25, -0.2) is 0 Å². The molecule has 0 saturated carbocycles. The lowest BCUT2D eigenvalue weighted by molar-refractivity contribution is -0.137.